The molecule has 2 aliphatic heterocycles. The largest absolute Gasteiger partial charge is 0.394 e. The minimum Gasteiger partial charge on any atom is -0.394 e. The first kappa shape index (κ1) is 13.4. The Hall–Kier alpha value is -1.55. The highest BCUT2D eigenvalue weighted by Gasteiger charge is 2.56. The van der Waals surface area contributed by atoms with Crippen molar-refractivity contribution >= 4 is 5.91 Å². The highest BCUT2D eigenvalue weighted by Crippen LogP contribution is 2.42. The van der Waals surface area contributed by atoms with Crippen LogP contribution in [0.15, 0.2) is 6.33 Å². The molecule has 0 aliphatic carbocycles. The van der Waals surface area contributed by atoms with Crippen molar-refractivity contribution in [1.82, 2.24) is 14.8 Å². The number of carbonyl (C=O) groups excluding carboxylic acids is 1. The van der Waals surface area contributed by atoms with Gasteiger partial charge in [-0.3, -0.25) is 4.79 Å². The molecule has 3 N–H and O–H groups in total. The van der Waals surface area contributed by atoms with Gasteiger partial charge in [-0.05, 0) is 13.8 Å². The van der Waals surface area contributed by atoms with Gasteiger partial charge < -0.3 is 25.1 Å². The van der Waals surface area contributed by atoms with E-state index in [4.69, 9.17) is 19.9 Å². The van der Waals surface area contributed by atoms with Gasteiger partial charge in [0.1, 0.15) is 24.6 Å². The maximum Gasteiger partial charge on any atom is 0.288 e. The molecule has 2 saturated heterocycles. The standard InChI is InChI=1S/C11H16N4O5/c1-11(2)19-6-5(3-16)18-10(7(6)20-11)15-4-13-9(14-15)8(12)17/h4-7,10,16H,3H2,1-2H3,(H2,12,17)/t5-,6-,7-,10-/m1/s1. The molecule has 1 amide bonds. The molecule has 20 heavy (non-hydrogen) atoms. The summed E-state index contributed by atoms with van der Waals surface area (Å²) >= 11 is 0. The molecule has 9 heteroatoms. The first-order valence-corrected chi connectivity index (χ1v) is 6.24. The molecule has 3 rings (SSSR count). The van der Waals surface area contributed by atoms with Crippen LogP contribution in [0.3, 0.4) is 0 Å². The second kappa shape index (κ2) is 4.48. The van der Waals surface area contributed by atoms with Crippen molar-refractivity contribution in [3.05, 3.63) is 12.2 Å². The topological polar surface area (TPSA) is 122 Å². The summed E-state index contributed by atoms with van der Waals surface area (Å²) in [6, 6.07) is 0. The maximum atomic E-state index is 11.0. The van der Waals surface area contributed by atoms with E-state index in [2.05, 4.69) is 10.1 Å². The van der Waals surface area contributed by atoms with Crippen molar-refractivity contribution in [2.45, 2.75) is 44.2 Å². The fourth-order valence-electron chi connectivity index (χ4n) is 2.53. The Morgan fingerprint density at radius 1 is 1.50 bits per heavy atom. The lowest BCUT2D eigenvalue weighted by Gasteiger charge is -2.23. The van der Waals surface area contributed by atoms with Crippen molar-refractivity contribution < 1.29 is 24.1 Å². The van der Waals surface area contributed by atoms with Crippen LogP contribution in [0.1, 0.15) is 30.7 Å². The summed E-state index contributed by atoms with van der Waals surface area (Å²) in [5.41, 5.74) is 5.12. The van der Waals surface area contributed by atoms with Crippen LogP contribution < -0.4 is 5.73 Å². The van der Waals surface area contributed by atoms with Gasteiger partial charge in [0.2, 0.25) is 5.82 Å². The van der Waals surface area contributed by atoms with Crippen LogP contribution in [-0.2, 0) is 14.2 Å². The van der Waals surface area contributed by atoms with Gasteiger partial charge in [0.05, 0.1) is 6.61 Å². The lowest BCUT2D eigenvalue weighted by atomic mass is 10.1. The molecule has 0 saturated carbocycles. The zero-order valence-corrected chi connectivity index (χ0v) is 11.1. The molecular weight excluding hydrogens is 268 g/mol. The molecule has 0 radical (unpaired) electrons. The van der Waals surface area contributed by atoms with Gasteiger partial charge in [-0.1, -0.05) is 0 Å². The van der Waals surface area contributed by atoms with E-state index in [9.17, 15) is 9.90 Å². The van der Waals surface area contributed by atoms with Crippen LogP contribution in [0.5, 0.6) is 0 Å². The molecule has 2 fully saturated rings. The molecule has 2 aliphatic rings. The minimum atomic E-state index is -0.766. The van der Waals surface area contributed by atoms with Crippen molar-refractivity contribution in [2.24, 2.45) is 5.73 Å². The van der Waals surface area contributed by atoms with E-state index in [1.54, 1.807) is 13.8 Å². The number of carbonyl (C=O) groups is 1. The van der Waals surface area contributed by atoms with Gasteiger partial charge in [0.15, 0.2) is 12.0 Å². The summed E-state index contributed by atoms with van der Waals surface area (Å²) in [4.78, 5) is 14.8. The number of nitrogens with zero attached hydrogens (tertiary/aromatic N) is 3. The average Bonchev–Trinajstić information content (AvgIpc) is 3.01. The summed E-state index contributed by atoms with van der Waals surface area (Å²) in [6.07, 6.45) is -0.644. The second-order valence-corrected chi connectivity index (χ2v) is 5.22. The highest BCUT2D eigenvalue weighted by atomic mass is 16.8. The molecule has 9 nitrogen and oxygen atoms in total. The molecule has 3 heterocycles. The van der Waals surface area contributed by atoms with E-state index in [1.807, 2.05) is 0 Å². The number of aliphatic hydroxyl groups is 1. The Kier molecular flexibility index (Phi) is 3.01. The van der Waals surface area contributed by atoms with E-state index in [1.165, 1.54) is 11.0 Å². The van der Waals surface area contributed by atoms with Crippen molar-refractivity contribution in [2.75, 3.05) is 6.61 Å². The number of hydrogen-bond donors (Lipinski definition) is 2. The van der Waals surface area contributed by atoms with E-state index in [-0.39, 0.29) is 12.4 Å². The zero-order chi connectivity index (χ0) is 14.5. The molecule has 4 atom stereocenters. The van der Waals surface area contributed by atoms with Crippen molar-refractivity contribution in [3.63, 3.8) is 0 Å². The summed E-state index contributed by atoms with van der Waals surface area (Å²) in [5, 5.41) is 13.3. The van der Waals surface area contributed by atoms with Gasteiger partial charge in [0, 0.05) is 0 Å². The van der Waals surface area contributed by atoms with Crippen molar-refractivity contribution in [3.8, 4) is 0 Å². The van der Waals surface area contributed by atoms with Gasteiger partial charge in [-0.25, -0.2) is 9.67 Å². The van der Waals surface area contributed by atoms with E-state index >= 15 is 0 Å². The van der Waals surface area contributed by atoms with Crippen molar-refractivity contribution in [1.29, 1.82) is 0 Å². The zero-order valence-electron chi connectivity index (χ0n) is 11.1. The highest BCUT2D eigenvalue weighted by molar-refractivity contribution is 5.88. The lowest BCUT2D eigenvalue weighted by Crippen LogP contribution is -2.31. The Morgan fingerprint density at radius 2 is 2.20 bits per heavy atom. The number of nitrogens with two attached hydrogens (primary N) is 1. The number of primary amides is 1. The first-order chi connectivity index (χ1) is 9.41. The number of rotatable bonds is 3. The number of aliphatic hydroxyl groups excluding tert-OH is 1. The monoisotopic (exact) mass is 284 g/mol. The van der Waals surface area contributed by atoms with E-state index in [0.717, 1.165) is 0 Å². The first-order valence-electron chi connectivity index (χ1n) is 6.24. The number of fused-ring (bicyclic) bond motifs is 1. The van der Waals surface area contributed by atoms with Crippen LogP contribution in [-0.4, -0.2) is 56.5 Å². The molecule has 0 spiro atoms. The van der Waals surface area contributed by atoms with Crippen LogP contribution in [0.2, 0.25) is 0 Å². The number of amides is 1. The third-order valence-corrected chi connectivity index (χ3v) is 3.29. The summed E-state index contributed by atoms with van der Waals surface area (Å²) < 4.78 is 18.5. The molecule has 1 aromatic rings. The van der Waals surface area contributed by atoms with Crippen LogP contribution >= 0.6 is 0 Å². The fraction of sp³-hybridized carbons (Fsp3) is 0.727. The summed E-state index contributed by atoms with van der Waals surface area (Å²) in [7, 11) is 0. The van der Waals surface area contributed by atoms with Gasteiger partial charge in [0.25, 0.3) is 5.91 Å². The minimum absolute atomic E-state index is 0.101. The van der Waals surface area contributed by atoms with Gasteiger partial charge in [-0.2, -0.15) is 0 Å². The normalized spacial score (nSPS) is 35.1. The van der Waals surface area contributed by atoms with E-state index < -0.39 is 36.2 Å². The fourth-order valence-corrected chi connectivity index (χ4v) is 2.53. The van der Waals surface area contributed by atoms with Crippen LogP contribution in [0.4, 0.5) is 0 Å². The van der Waals surface area contributed by atoms with Crippen LogP contribution in [0.25, 0.3) is 0 Å². The Morgan fingerprint density at radius 3 is 2.80 bits per heavy atom. The smallest absolute Gasteiger partial charge is 0.288 e. The summed E-state index contributed by atoms with van der Waals surface area (Å²) in [6.45, 7) is 3.37. The Bertz CT molecular complexity index is 531. The molecular formula is C11H16N4O5. The molecule has 110 valence electrons. The summed E-state index contributed by atoms with van der Waals surface area (Å²) in [5.74, 6) is -1.59. The SMILES string of the molecule is CC1(C)O[C@@H]2[C@H](O1)[C@@H](CO)O[C@H]2n1cnc(C(N)=O)n1. The number of aromatic nitrogens is 3. The average molecular weight is 284 g/mol. The molecule has 0 bridgehead atoms. The molecule has 0 aromatic carbocycles. The number of hydrogen-bond acceptors (Lipinski definition) is 7. The third kappa shape index (κ3) is 2.08. The predicted octanol–water partition coefficient (Wildman–Crippen LogP) is -1.21. The lowest BCUT2D eigenvalue weighted by molar-refractivity contribution is -0.201. The molecule has 0 unspecified atom stereocenters. The second-order valence-electron chi connectivity index (χ2n) is 5.22. The predicted molar refractivity (Wildman–Crippen MR) is 63.4 cm³/mol. The maximum absolute atomic E-state index is 11.0. The quantitative estimate of drug-likeness (QED) is 0.713. The third-order valence-electron chi connectivity index (χ3n) is 3.29. The van der Waals surface area contributed by atoms with E-state index in [0.29, 0.717) is 0 Å². The Labute approximate surface area is 114 Å². The van der Waals surface area contributed by atoms with Crippen LogP contribution in [0, 0.1) is 0 Å². The number of ether oxygens (including phenoxy) is 3. The molecule has 1 aromatic heterocycles. The van der Waals surface area contributed by atoms with Gasteiger partial charge in [-0.15, -0.1) is 5.10 Å². The Balaban J connectivity index is 1.87. The van der Waals surface area contributed by atoms with Gasteiger partial charge >= 0.3 is 0 Å².